The zero-order valence-electron chi connectivity index (χ0n) is 11.8. The maximum atomic E-state index is 12.8. The standard InChI is InChI=1S/C15H15BrFNO3S/c1-21-15-7-2-11(10-14(15)16)8-9-18-22(19,20)13-5-3-12(17)4-6-13/h2-7,10,18H,8-9H2,1H3. The first-order chi connectivity index (χ1) is 10.4. The predicted octanol–water partition coefficient (Wildman–Crippen LogP) is 3.12. The highest BCUT2D eigenvalue weighted by Crippen LogP contribution is 2.25. The summed E-state index contributed by atoms with van der Waals surface area (Å²) in [6.45, 7) is 0.248. The molecule has 0 amide bonds. The molecule has 4 nitrogen and oxygen atoms in total. The zero-order valence-corrected chi connectivity index (χ0v) is 14.2. The van der Waals surface area contributed by atoms with Gasteiger partial charge in [-0.3, -0.25) is 0 Å². The van der Waals surface area contributed by atoms with Gasteiger partial charge in [-0.2, -0.15) is 0 Å². The van der Waals surface area contributed by atoms with Gasteiger partial charge in [0, 0.05) is 6.54 Å². The van der Waals surface area contributed by atoms with Gasteiger partial charge in [0.25, 0.3) is 0 Å². The number of ether oxygens (including phenoxy) is 1. The molecule has 0 saturated heterocycles. The Morgan fingerprint density at radius 1 is 1.18 bits per heavy atom. The van der Waals surface area contributed by atoms with Crippen LogP contribution in [0.4, 0.5) is 4.39 Å². The van der Waals surface area contributed by atoms with Crippen LogP contribution >= 0.6 is 15.9 Å². The second kappa shape index (κ2) is 7.21. The molecule has 2 rings (SSSR count). The molecular formula is C15H15BrFNO3S. The molecule has 22 heavy (non-hydrogen) atoms. The van der Waals surface area contributed by atoms with Crippen molar-refractivity contribution in [2.75, 3.05) is 13.7 Å². The summed E-state index contributed by atoms with van der Waals surface area (Å²) < 4.78 is 45.3. The highest BCUT2D eigenvalue weighted by atomic mass is 79.9. The predicted molar refractivity (Wildman–Crippen MR) is 86.0 cm³/mol. The van der Waals surface area contributed by atoms with Gasteiger partial charge in [0.1, 0.15) is 11.6 Å². The van der Waals surface area contributed by atoms with E-state index in [0.717, 1.165) is 27.9 Å². The van der Waals surface area contributed by atoms with Gasteiger partial charge >= 0.3 is 0 Å². The third kappa shape index (κ3) is 4.28. The SMILES string of the molecule is COc1ccc(CCNS(=O)(=O)c2ccc(F)cc2)cc1Br. The Morgan fingerprint density at radius 2 is 1.86 bits per heavy atom. The van der Waals surface area contributed by atoms with Gasteiger partial charge < -0.3 is 4.74 Å². The average Bonchev–Trinajstić information content (AvgIpc) is 2.48. The quantitative estimate of drug-likeness (QED) is 0.828. The minimum Gasteiger partial charge on any atom is -0.496 e. The van der Waals surface area contributed by atoms with Crippen LogP contribution < -0.4 is 9.46 Å². The minimum atomic E-state index is -3.62. The van der Waals surface area contributed by atoms with Crippen molar-refractivity contribution in [3.05, 3.63) is 58.3 Å². The van der Waals surface area contributed by atoms with E-state index in [9.17, 15) is 12.8 Å². The van der Waals surface area contributed by atoms with Crippen molar-refractivity contribution in [2.45, 2.75) is 11.3 Å². The highest BCUT2D eigenvalue weighted by Gasteiger charge is 2.13. The van der Waals surface area contributed by atoms with E-state index >= 15 is 0 Å². The van der Waals surface area contributed by atoms with Crippen molar-refractivity contribution in [1.29, 1.82) is 0 Å². The van der Waals surface area contributed by atoms with Crippen LogP contribution in [0.5, 0.6) is 5.75 Å². The molecule has 2 aromatic rings. The lowest BCUT2D eigenvalue weighted by Crippen LogP contribution is -2.26. The summed E-state index contributed by atoms with van der Waals surface area (Å²) in [5.41, 5.74) is 0.967. The number of rotatable bonds is 6. The Morgan fingerprint density at radius 3 is 2.45 bits per heavy atom. The fourth-order valence-corrected chi connectivity index (χ4v) is 3.51. The van der Waals surface area contributed by atoms with Crippen LogP contribution in [0.2, 0.25) is 0 Å². The number of halogens is 2. The largest absolute Gasteiger partial charge is 0.496 e. The molecule has 0 saturated carbocycles. The van der Waals surface area contributed by atoms with Crippen molar-refractivity contribution < 1.29 is 17.5 Å². The third-order valence-electron chi connectivity index (χ3n) is 3.05. The van der Waals surface area contributed by atoms with Crippen LogP contribution in [0.15, 0.2) is 51.8 Å². The summed E-state index contributed by atoms with van der Waals surface area (Å²) in [5, 5.41) is 0. The molecule has 1 N–H and O–H groups in total. The summed E-state index contributed by atoms with van der Waals surface area (Å²) in [4.78, 5) is 0.0461. The zero-order chi connectivity index (χ0) is 16.2. The first kappa shape index (κ1) is 16.9. The van der Waals surface area contributed by atoms with E-state index in [-0.39, 0.29) is 11.4 Å². The molecule has 0 bridgehead atoms. The Hall–Kier alpha value is -1.44. The molecule has 0 atom stereocenters. The number of hydrogen-bond donors (Lipinski definition) is 1. The molecule has 0 spiro atoms. The molecule has 0 heterocycles. The van der Waals surface area contributed by atoms with E-state index in [1.165, 1.54) is 12.1 Å². The van der Waals surface area contributed by atoms with Gasteiger partial charge in [-0.05, 0) is 64.3 Å². The van der Waals surface area contributed by atoms with Gasteiger partial charge in [-0.25, -0.2) is 17.5 Å². The Labute approximate surface area is 137 Å². The molecule has 7 heteroatoms. The maximum absolute atomic E-state index is 12.8. The van der Waals surface area contributed by atoms with Gasteiger partial charge in [0.15, 0.2) is 0 Å². The minimum absolute atomic E-state index is 0.0461. The topological polar surface area (TPSA) is 55.4 Å². The lowest BCUT2D eigenvalue weighted by molar-refractivity contribution is 0.412. The van der Waals surface area contributed by atoms with Crippen LogP contribution in [0.1, 0.15) is 5.56 Å². The van der Waals surface area contributed by atoms with Gasteiger partial charge in [0.05, 0.1) is 16.5 Å². The van der Waals surface area contributed by atoms with Crippen LogP contribution in [0.25, 0.3) is 0 Å². The first-order valence-corrected chi connectivity index (χ1v) is 8.77. The number of sulfonamides is 1. The van der Waals surface area contributed by atoms with Crippen molar-refractivity contribution in [3.8, 4) is 5.75 Å². The van der Waals surface area contributed by atoms with Crippen molar-refractivity contribution >= 4 is 26.0 Å². The number of nitrogens with one attached hydrogen (secondary N) is 1. The second-order valence-electron chi connectivity index (χ2n) is 4.57. The van der Waals surface area contributed by atoms with Gasteiger partial charge in [-0.1, -0.05) is 6.07 Å². The Bertz CT molecular complexity index is 748. The smallest absolute Gasteiger partial charge is 0.240 e. The third-order valence-corrected chi connectivity index (χ3v) is 5.14. The molecule has 0 aliphatic heterocycles. The van der Waals surface area contributed by atoms with E-state index in [2.05, 4.69) is 20.7 Å². The molecule has 0 unspecified atom stereocenters. The number of methoxy groups -OCH3 is 1. The Balaban J connectivity index is 1.98. The summed E-state index contributed by atoms with van der Waals surface area (Å²) in [5.74, 6) is 0.248. The molecule has 0 aliphatic carbocycles. The van der Waals surface area contributed by atoms with E-state index in [0.29, 0.717) is 6.42 Å². The summed E-state index contributed by atoms with van der Waals surface area (Å²) in [6, 6.07) is 10.3. The fraction of sp³-hybridized carbons (Fsp3) is 0.200. The lowest BCUT2D eigenvalue weighted by Gasteiger charge is -2.08. The van der Waals surface area contributed by atoms with Crippen molar-refractivity contribution in [1.82, 2.24) is 4.72 Å². The Kier molecular flexibility index (Phi) is 5.55. The van der Waals surface area contributed by atoms with Gasteiger partial charge in [-0.15, -0.1) is 0 Å². The monoisotopic (exact) mass is 387 g/mol. The summed E-state index contributed by atoms with van der Waals surface area (Å²) >= 11 is 3.38. The average molecular weight is 388 g/mol. The molecule has 0 aromatic heterocycles. The molecule has 2 aromatic carbocycles. The highest BCUT2D eigenvalue weighted by molar-refractivity contribution is 9.10. The number of hydrogen-bond acceptors (Lipinski definition) is 3. The van der Waals surface area contributed by atoms with Crippen LogP contribution in [0.3, 0.4) is 0 Å². The summed E-state index contributed by atoms with van der Waals surface area (Å²) in [7, 11) is -2.04. The van der Waals surface area contributed by atoms with Crippen LogP contribution in [0, 0.1) is 5.82 Å². The van der Waals surface area contributed by atoms with Gasteiger partial charge in [0.2, 0.25) is 10.0 Å². The second-order valence-corrected chi connectivity index (χ2v) is 7.19. The molecule has 118 valence electrons. The van der Waals surface area contributed by atoms with Crippen LogP contribution in [-0.2, 0) is 16.4 Å². The maximum Gasteiger partial charge on any atom is 0.240 e. The van der Waals surface area contributed by atoms with E-state index in [4.69, 9.17) is 4.74 Å². The van der Waals surface area contributed by atoms with E-state index in [1.807, 2.05) is 18.2 Å². The molecular weight excluding hydrogens is 373 g/mol. The van der Waals surface area contributed by atoms with Crippen molar-refractivity contribution in [3.63, 3.8) is 0 Å². The first-order valence-electron chi connectivity index (χ1n) is 6.50. The normalized spacial score (nSPS) is 11.4. The molecule has 0 fully saturated rings. The van der Waals surface area contributed by atoms with E-state index in [1.54, 1.807) is 7.11 Å². The number of benzene rings is 2. The fourth-order valence-electron chi connectivity index (χ4n) is 1.89. The van der Waals surface area contributed by atoms with Crippen LogP contribution in [-0.4, -0.2) is 22.1 Å². The summed E-state index contributed by atoms with van der Waals surface area (Å²) in [6.07, 6.45) is 0.531. The molecule has 0 radical (unpaired) electrons. The van der Waals surface area contributed by atoms with E-state index < -0.39 is 15.8 Å². The lowest BCUT2D eigenvalue weighted by atomic mass is 10.1. The van der Waals surface area contributed by atoms with Crippen molar-refractivity contribution in [2.24, 2.45) is 0 Å². The molecule has 0 aliphatic rings.